The van der Waals surface area contributed by atoms with Crippen LogP contribution in [0.15, 0.2) is 12.1 Å². The van der Waals surface area contributed by atoms with Crippen LogP contribution in [0.3, 0.4) is 0 Å². The number of carboxylic acid groups (broad SMARTS) is 1. The fourth-order valence-corrected chi connectivity index (χ4v) is 1.67. The predicted molar refractivity (Wildman–Crippen MR) is 83.6 cm³/mol. The molecule has 0 bridgehead atoms. The van der Waals surface area contributed by atoms with Crippen molar-refractivity contribution in [3.8, 4) is 11.8 Å². The van der Waals surface area contributed by atoms with Gasteiger partial charge >= 0.3 is 12.1 Å². The van der Waals surface area contributed by atoms with E-state index >= 15 is 0 Å². The first-order valence-corrected chi connectivity index (χ1v) is 7.07. The van der Waals surface area contributed by atoms with E-state index in [-0.39, 0.29) is 5.56 Å². The van der Waals surface area contributed by atoms with E-state index in [1.807, 2.05) is 0 Å². The van der Waals surface area contributed by atoms with Crippen LogP contribution in [0, 0.1) is 23.5 Å². The molecule has 0 aliphatic rings. The van der Waals surface area contributed by atoms with Crippen molar-refractivity contribution in [2.75, 3.05) is 0 Å². The van der Waals surface area contributed by atoms with E-state index in [1.54, 1.807) is 34.6 Å². The maximum absolute atomic E-state index is 13.6. The van der Waals surface area contributed by atoms with Crippen molar-refractivity contribution in [1.82, 2.24) is 5.32 Å². The zero-order valence-electron chi connectivity index (χ0n) is 14.1. The zero-order chi connectivity index (χ0) is 18.7. The average molecular weight is 339 g/mol. The molecule has 1 rings (SSSR count). The number of ether oxygens (including phenoxy) is 1. The van der Waals surface area contributed by atoms with Crippen LogP contribution in [0.4, 0.5) is 13.6 Å². The van der Waals surface area contributed by atoms with Crippen LogP contribution in [-0.2, 0) is 4.74 Å². The molecule has 0 aromatic heterocycles. The highest BCUT2D eigenvalue weighted by atomic mass is 19.1. The molecule has 7 heteroatoms. The highest BCUT2D eigenvalue weighted by molar-refractivity contribution is 5.88. The number of benzene rings is 1. The van der Waals surface area contributed by atoms with Crippen molar-refractivity contribution in [3.63, 3.8) is 0 Å². The number of hydrogen-bond acceptors (Lipinski definition) is 3. The van der Waals surface area contributed by atoms with Gasteiger partial charge in [-0.05, 0) is 46.8 Å². The molecule has 1 amide bonds. The Morgan fingerprint density at radius 2 is 1.62 bits per heavy atom. The molecule has 0 atom stereocenters. The quantitative estimate of drug-likeness (QED) is 0.811. The van der Waals surface area contributed by atoms with E-state index in [0.29, 0.717) is 0 Å². The zero-order valence-corrected chi connectivity index (χ0v) is 14.1. The molecule has 2 N–H and O–H groups in total. The second-order valence-electron chi connectivity index (χ2n) is 6.62. The summed E-state index contributed by atoms with van der Waals surface area (Å²) in [6, 6.07) is 1.65. The van der Waals surface area contributed by atoms with Gasteiger partial charge in [0, 0.05) is 5.56 Å². The van der Waals surface area contributed by atoms with Crippen molar-refractivity contribution < 1.29 is 28.2 Å². The van der Waals surface area contributed by atoms with Gasteiger partial charge in [-0.3, -0.25) is 0 Å². The Balaban J connectivity index is 2.98. The maximum atomic E-state index is 13.6. The highest BCUT2D eigenvalue weighted by Crippen LogP contribution is 2.15. The van der Waals surface area contributed by atoms with Crippen LogP contribution in [-0.4, -0.2) is 28.3 Å². The maximum Gasteiger partial charge on any atom is 0.408 e. The lowest BCUT2D eigenvalue weighted by Crippen LogP contribution is -2.44. The van der Waals surface area contributed by atoms with Crippen LogP contribution in [0.25, 0.3) is 0 Å². The van der Waals surface area contributed by atoms with E-state index in [2.05, 4.69) is 17.2 Å². The monoisotopic (exact) mass is 339 g/mol. The molecular weight excluding hydrogens is 320 g/mol. The van der Waals surface area contributed by atoms with Gasteiger partial charge in [0.15, 0.2) is 0 Å². The summed E-state index contributed by atoms with van der Waals surface area (Å²) < 4.78 is 32.3. The molecule has 0 spiro atoms. The minimum atomic E-state index is -1.70. The fraction of sp³-hybridized carbons (Fsp3) is 0.412. The topological polar surface area (TPSA) is 75.6 Å². The minimum Gasteiger partial charge on any atom is -0.477 e. The Morgan fingerprint density at radius 3 is 2.04 bits per heavy atom. The minimum absolute atomic E-state index is 0.0472. The first kappa shape index (κ1) is 19.4. The van der Waals surface area contributed by atoms with Crippen LogP contribution < -0.4 is 5.32 Å². The van der Waals surface area contributed by atoms with E-state index in [9.17, 15) is 18.4 Å². The van der Waals surface area contributed by atoms with E-state index in [1.165, 1.54) is 0 Å². The normalized spacial score (nSPS) is 11.3. The lowest BCUT2D eigenvalue weighted by molar-refractivity contribution is 0.0493. The summed E-state index contributed by atoms with van der Waals surface area (Å²) in [6.45, 7) is 8.30. The molecule has 0 saturated heterocycles. The third-order valence-electron chi connectivity index (χ3n) is 2.59. The van der Waals surface area contributed by atoms with Gasteiger partial charge in [0.25, 0.3) is 0 Å². The van der Waals surface area contributed by atoms with Gasteiger partial charge in [-0.15, -0.1) is 0 Å². The largest absolute Gasteiger partial charge is 0.477 e. The Hall–Kier alpha value is -2.62. The number of amides is 1. The number of carbonyl (C=O) groups excluding carboxylic acids is 1. The summed E-state index contributed by atoms with van der Waals surface area (Å²) in [6.07, 6.45) is -0.680. The van der Waals surface area contributed by atoms with Gasteiger partial charge in [0.05, 0.1) is 5.54 Å². The first-order chi connectivity index (χ1) is 10.8. The second kappa shape index (κ2) is 6.87. The van der Waals surface area contributed by atoms with Crippen LogP contribution in [0.2, 0.25) is 0 Å². The molecule has 1 aromatic carbocycles. The molecule has 0 heterocycles. The van der Waals surface area contributed by atoms with Crippen LogP contribution >= 0.6 is 0 Å². The lowest BCUT2D eigenvalue weighted by atomic mass is 10.0. The first-order valence-electron chi connectivity index (χ1n) is 7.07. The van der Waals surface area contributed by atoms with Gasteiger partial charge in [-0.1, -0.05) is 11.8 Å². The number of halogens is 2. The van der Waals surface area contributed by atoms with Gasteiger partial charge in [-0.25, -0.2) is 18.4 Å². The number of nitrogens with one attached hydrogen (secondary N) is 1. The molecule has 130 valence electrons. The third kappa shape index (κ3) is 5.88. The van der Waals surface area contributed by atoms with Crippen molar-refractivity contribution in [2.45, 2.75) is 45.8 Å². The molecule has 5 nitrogen and oxygen atoms in total. The van der Waals surface area contributed by atoms with Gasteiger partial charge in [0.2, 0.25) is 0 Å². The van der Waals surface area contributed by atoms with Gasteiger partial charge in [0.1, 0.15) is 22.8 Å². The summed E-state index contributed by atoms with van der Waals surface area (Å²) in [7, 11) is 0. The Bertz CT molecular complexity index is 701. The second-order valence-corrected chi connectivity index (χ2v) is 6.62. The smallest absolute Gasteiger partial charge is 0.408 e. The average Bonchev–Trinajstić information content (AvgIpc) is 2.31. The molecular formula is C17H19F2NO4. The molecule has 0 unspecified atom stereocenters. The van der Waals surface area contributed by atoms with E-state index < -0.39 is 40.4 Å². The number of alkyl carbamates (subject to hydrolysis) is 1. The van der Waals surface area contributed by atoms with Crippen molar-refractivity contribution in [2.24, 2.45) is 0 Å². The Morgan fingerprint density at radius 1 is 1.12 bits per heavy atom. The van der Waals surface area contributed by atoms with Crippen molar-refractivity contribution in [3.05, 3.63) is 34.9 Å². The number of aromatic carboxylic acids is 1. The molecule has 1 aromatic rings. The molecule has 0 fully saturated rings. The molecule has 24 heavy (non-hydrogen) atoms. The number of hydrogen-bond donors (Lipinski definition) is 2. The SMILES string of the molecule is CC(C)(C#Cc1cc(F)c(C(=O)O)c(F)c1)NC(=O)OC(C)(C)C. The van der Waals surface area contributed by atoms with E-state index in [0.717, 1.165) is 12.1 Å². The standard InChI is InChI=1S/C17H19F2NO4/c1-16(2,3)24-15(23)20-17(4,5)7-6-10-8-11(18)13(14(21)22)12(19)9-10/h8-9H,1-5H3,(H,20,23)(H,21,22). The summed E-state index contributed by atoms with van der Waals surface area (Å²) >= 11 is 0. The number of carboxylic acids is 1. The Labute approximate surface area is 139 Å². The molecule has 0 radical (unpaired) electrons. The molecule has 0 aliphatic carbocycles. The van der Waals surface area contributed by atoms with Gasteiger partial charge in [-0.2, -0.15) is 0 Å². The van der Waals surface area contributed by atoms with Gasteiger partial charge < -0.3 is 15.2 Å². The van der Waals surface area contributed by atoms with Crippen molar-refractivity contribution in [1.29, 1.82) is 0 Å². The Kier molecular flexibility index (Phi) is 5.56. The number of carbonyl (C=O) groups is 2. The molecule has 0 aliphatic heterocycles. The summed E-state index contributed by atoms with van der Waals surface area (Å²) in [5, 5.41) is 11.2. The predicted octanol–water partition coefficient (Wildman–Crippen LogP) is 3.32. The number of rotatable bonds is 2. The summed E-state index contributed by atoms with van der Waals surface area (Å²) in [5.41, 5.74) is -2.78. The third-order valence-corrected chi connectivity index (χ3v) is 2.59. The van der Waals surface area contributed by atoms with E-state index in [4.69, 9.17) is 9.84 Å². The van der Waals surface area contributed by atoms with Crippen LogP contribution in [0.1, 0.15) is 50.5 Å². The highest BCUT2D eigenvalue weighted by Gasteiger charge is 2.23. The molecule has 0 saturated carbocycles. The summed E-state index contributed by atoms with van der Waals surface area (Å²) in [5.74, 6) is 1.03. The fourth-order valence-electron chi connectivity index (χ4n) is 1.67. The lowest BCUT2D eigenvalue weighted by Gasteiger charge is -2.24. The summed E-state index contributed by atoms with van der Waals surface area (Å²) in [4.78, 5) is 22.5. The van der Waals surface area contributed by atoms with Crippen molar-refractivity contribution >= 4 is 12.1 Å². The van der Waals surface area contributed by atoms with Crippen LogP contribution in [0.5, 0.6) is 0 Å².